The van der Waals surface area contributed by atoms with Crippen LogP contribution in [0.2, 0.25) is 0 Å². The van der Waals surface area contributed by atoms with Crippen molar-refractivity contribution >= 4 is 5.91 Å². The molecule has 0 spiro atoms. The molecule has 0 saturated heterocycles. The molecule has 1 heterocycles. The summed E-state index contributed by atoms with van der Waals surface area (Å²) in [6, 6.07) is -0.198. The number of carbonyl (C=O) groups excluding carboxylic acids is 1. The molecule has 0 aromatic carbocycles. The first-order chi connectivity index (χ1) is 10.6. The number of carbonyl (C=O) groups is 1. The van der Waals surface area contributed by atoms with Crippen LogP contribution in [0.4, 0.5) is 0 Å². The van der Waals surface area contributed by atoms with Crippen LogP contribution in [0.3, 0.4) is 0 Å². The van der Waals surface area contributed by atoms with E-state index in [-0.39, 0.29) is 17.9 Å². The first kappa shape index (κ1) is 16.9. The van der Waals surface area contributed by atoms with Gasteiger partial charge in [0.15, 0.2) is 5.82 Å². The summed E-state index contributed by atoms with van der Waals surface area (Å²) < 4.78 is 5.36. The zero-order chi connectivity index (χ0) is 15.9. The third kappa shape index (κ3) is 5.09. The lowest BCUT2D eigenvalue weighted by Gasteiger charge is -2.18. The topological polar surface area (TPSA) is 94.0 Å². The van der Waals surface area contributed by atoms with E-state index in [9.17, 15) is 4.79 Å². The van der Waals surface area contributed by atoms with Gasteiger partial charge >= 0.3 is 0 Å². The highest BCUT2D eigenvalue weighted by molar-refractivity contribution is 5.76. The van der Waals surface area contributed by atoms with Crippen molar-refractivity contribution in [2.75, 3.05) is 6.54 Å². The fourth-order valence-electron chi connectivity index (χ4n) is 2.42. The molecule has 0 aliphatic heterocycles. The molecule has 1 aliphatic carbocycles. The van der Waals surface area contributed by atoms with Crippen molar-refractivity contribution in [3.63, 3.8) is 0 Å². The first-order valence-corrected chi connectivity index (χ1v) is 8.44. The Kier molecular flexibility index (Phi) is 6.36. The van der Waals surface area contributed by atoms with Crippen molar-refractivity contribution in [1.29, 1.82) is 0 Å². The Morgan fingerprint density at radius 3 is 2.68 bits per heavy atom. The number of rotatable bonds is 10. The van der Waals surface area contributed by atoms with Crippen LogP contribution < -0.4 is 11.1 Å². The maximum absolute atomic E-state index is 12.1. The molecule has 0 bridgehead atoms. The van der Waals surface area contributed by atoms with Crippen LogP contribution in [-0.4, -0.2) is 22.6 Å². The van der Waals surface area contributed by atoms with Crippen LogP contribution in [0.15, 0.2) is 4.52 Å². The summed E-state index contributed by atoms with van der Waals surface area (Å²) in [7, 11) is 0. The molecule has 0 radical (unpaired) electrons. The second-order valence-electron chi connectivity index (χ2n) is 6.51. The van der Waals surface area contributed by atoms with E-state index in [0.717, 1.165) is 50.9 Å². The number of hydrogen-bond donors (Lipinski definition) is 2. The van der Waals surface area contributed by atoms with Gasteiger partial charge in [-0.3, -0.25) is 4.79 Å². The van der Waals surface area contributed by atoms with E-state index in [1.54, 1.807) is 0 Å². The number of nitrogens with zero attached hydrogens (tertiary/aromatic N) is 2. The Labute approximate surface area is 132 Å². The van der Waals surface area contributed by atoms with Crippen LogP contribution in [0.25, 0.3) is 0 Å². The molecule has 6 heteroatoms. The van der Waals surface area contributed by atoms with E-state index in [4.69, 9.17) is 10.3 Å². The average Bonchev–Trinajstić information content (AvgIpc) is 3.22. The van der Waals surface area contributed by atoms with Gasteiger partial charge in [-0.1, -0.05) is 31.8 Å². The Bertz CT molecular complexity index is 468. The molecule has 1 atom stereocenters. The highest BCUT2D eigenvalue weighted by atomic mass is 16.5. The molecule has 6 nitrogen and oxygen atoms in total. The summed E-state index contributed by atoms with van der Waals surface area (Å²) in [6.07, 6.45) is 6.88. The van der Waals surface area contributed by atoms with E-state index < -0.39 is 0 Å². The van der Waals surface area contributed by atoms with Gasteiger partial charge in [0, 0.05) is 12.3 Å². The molecule has 124 valence electrons. The van der Waals surface area contributed by atoms with Gasteiger partial charge in [0.2, 0.25) is 11.8 Å². The maximum atomic E-state index is 12.1. The van der Waals surface area contributed by atoms with Crippen molar-refractivity contribution in [3.8, 4) is 0 Å². The van der Waals surface area contributed by atoms with Crippen LogP contribution in [-0.2, 0) is 4.79 Å². The summed E-state index contributed by atoms with van der Waals surface area (Å²) in [5.41, 5.74) is 5.46. The summed E-state index contributed by atoms with van der Waals surface area (Å²) in [5, 5.41) is 7.07. The normalized spacial score (nSPS) is 16.0. The third-order valence-corrected chi connectivity index (χ3v) is 4.01. The average molecular weight is 308 g/mol. The molecule has 1 aromatic rings. The number of nitrogens with two attached hydrogens (primary N) is 1. The number of aromatic nitrogens is 2. The first-order valence-electron chi connectivity index (χ1n) is 8.44. The smallest absolute Gasteiger partial charge is 0.249 e. The molecule has 3 N–H and O–H groups in total. The van der Waals surface area contributed by atoms with Crippen molar-refractivity contribution in [3.05, 3.63) is 11.7 Å². The summed E-state index contributed by atoms with van der Waals surface area (Å²) in [6.45, 7) is 4.82. The fraction of sp³-hybridized carbons (Fsp3) is 0.812. The third-order valence-electron chi connectivity index (χ3n) is 4.01. The molecule has 1 unspecified atom stereocenters. The number of hydrogen-bond acceptors (Lipinski definition) is 5. The second-order valence-corrected chi connectivity index (χ2v) is 6.51. The van der Waals surface area contributed by atoms with Crippen molar-refractivity contribution in [1.82, 2.24) is 15.5 Å². The lowest BCUT2D eigenvalue weighted by Crippen LogP contribution is -2.31. The Morgan fingerprint density at radius 2 is 2.05 bits per heavy atom. The Hall–Kier alpha value is -1.43. The van der Waals surface area contributed by atoms with E-state index >= 15 is 0 Å². The SMILES string of the molecule is CC(C)C(NC(=O)CCCCCCN)c1nc(C2CC2)no1. The van der Waals surface area contributed by atoms with Crippen molar-refractivity contribution in [2.24, 2.45) is 11.7 Å². The predicted octanol–water partition coefficient (Wildman–Crippen LogP) is 2.67. The van der Waals surface area contributed by atoms with Crippen LogP contribution in [0.1, 0.15) is 82.5 Å². The van der Waals surface area contributed by atoms with E-state index in [0.29, 0.717) is 18.2 Å². The molecule has 1 amide bonds. The van der Waals surface area contributed by atoms with Gasteiger partial charge in [0.1, 0.15) is 6.04 Å². The van der Waals surface area contributed by atoms with Gasteiger partial charge < -0.3 is 15.6 Å². The van der Waals surface area contributed by atoms with Crippen molar-refractivity contribution in [2.45, 2.75) is 70.8 Å². The lowest BCUT2D eigenvalue weighted by molar-refractivity contribution is -0.122. The predicted molar refractivity (Wildman–Crippen MR) is 84.1 cm³/mol. The summed E-state index contributed by atoms with van der Waals surface area (Å²) in [4.78, 5) is 16.6. The molecular weight excluding hydrogens is 280 g/mol. The Balaban J connectivity index is 1.81. The molecule has 22 heavy (non-hydrogen) atoms. The monoisotopic (exact) mass is 308 g/mol. The minimum Gasteiger partial charge on any atom is -0.344 e. The minimum atomic E-state index is -0.198. The molecular formula is C16H28N4O2. The van der Waals surface area contributed by atoms with E-state index in [1.165, 1.54) is 0 Å². The fourth-order valence-corrected chi connectivity index (χ4v) is 2.42. The highest BCUT2D eigenvalue weighted by Crippen LogP contribution is 2.38. The maximum Gasteiger partial charge on any atom is 0.249 e. The second kappa shape index (κ2) is 8.27. The van der Waals surface area contributed by atoms with Crippen molar-refractivity contribution < 1.29 is 9.32 Å². The molecule has 1 saturated carbocycles. The summed E-state index contributed by atoms with van der Waals surface area (Å²) in [5.74, 6) is 2.06. The zero-order valence-electron chi connectivity index (χ0n) is 13.7. The largest absolute Gasteiger partial charge is 0.344 e. The van der Waals surface area contributed by atoms with Gasteiger partial charge in [0.25, 0.3) is 0 Å². The molecule has 1 fully saturated rings. The van der Waals surface area contributed by atoms with Gasteiger partial charge in [-0.05, 0) is 38.1 Å². The number of amides is 1. The summed E-state index contributed by atoms with van der Waals surface area (Å²) >= 11 is 0. The van der Waals surface area contributed by atoms with Gasteiger partial charge in [0.05, 0.1) is 0 Å². The molecule has 1 aliphatic rings. The van der Waals surface area contributed by atoms with Crippen LogP contribution in [0, 0.1) is 5.92 Å². The standard InChI is InChI=1S/C16H28N4O2/c1-11(2)14(16-19-15(20-22-16)12-8-9-12)18-13(21)7-5-3-4-6-10-17/h11-12,14H,3-10,17H2,1-2H3,(H,18,21). The van der Waals surface area contributed by atoms with Gasteiger partial charge in [-0.15, -0.1) is 0 Å². The Morgan fingerprint density at radius 1 is 1.32 bits per heavy atom. The number of nitrogens with one attached hydrogen (secondary N) is 1. The minimum absolute atomic E-state index is 0.0534. The van der Waals surface area contributed by atoms with Gasteiger partial charge in [-0.2, -0.15) is 4.98 Å². The highest BCUT2D eigenvalue weighted by Gasteiger charge is 2.31. The van der Waals surface area contributed by atoms with E-state index in [1.807, 2.05) is 13.8 Å². The molecule has 1 aromatic heterocycles. The number of unbranched alkanes of at least 4 members (excludes halogenated alkanes) is 3. The van der Waals surface area contributed by atoms with E-state index in [2.05, 4.69) is 15.5 Å². The van der Waals surface area contributed by atoms with Crippen LogP contribution in [0.5, 0.6) is 0 Å². The van der Waals surface area contributed by atoms with Crippen LogP contribution >= 0.6 is 0 Å². The zero-order valence-corrected chi connectivity index (χ0v) is 13.7. The molecule has 2 rings (SSSR count). The quantitative estimate of drug-likeness (QED) is 0.648. The van der Waals surface area contributed by atoms with Gasteiger partial charge in [-0.25, -0.2) is 0 Å². The lowest BCUT2D eigenvalue weighted by atomic mass is 10.0.